The molecule has 4 rings (SSSR count). The third-order valence-corrected chi connectivity index (χ3v) is 6.69. The maximum Gasteiger partial charge on any atom is 0.417 e. The van der Waals surface area contributed by atoms with Crippen LogP contribution in [-0.2, 0) is 17.4 Å². The van der Waals surface area contributed by atoms with Gasteiger partial charge in [-0.2, -0.15) is 18.4 Å². The molecule has 0 bridgehead atoms. The normalized spacial score (nSPS) is 20.4. The van der Waals surface area contributed by atoms with Gasteiger partial charge in [-0.05, 0) is 87.3 Å². The minimum Gasteiger partial charge on any atom is -0.491 e. The number of fused-ring (bicyclic) bond motifs is 1. The number of carbonyl (C=O) groups is 1. The standard InChI is InChI=1S/C25H24F3N3O3S/c1-24(2)22(33)30(17-8-7-16(13-29)20(12-17)25(26,27)28)23(35)31(24)18-9-10-21-15(11-18)5-3-4-6-19(32)14-34-21/h7-12,19,32H,3-6,14H2,1-2H3. The summed E-state index contributed by atoms with van der Waals surface area (Å²) in [5.74, 6) is 0.158. The highest BCUT2D eigenvalue weighted by atomic mass is 32.1. The van der Waals surface area contributed by atoms with Crippen LogP contribution in [-0.4, -0.2) is 34.4 Å². The van der Waals surface area contributed by atoms with E-state index in [0.717, 1.165) is 35.4 Å². The highest BCUT2D eigenvalue weighted by Crippen LogP contribution is 2.40. The van der Waals surface area contributed by atoms with Gasteiger partial charge in [0.2, 0.25) is 0 Å². The van der Waals surface area contributed by atoms with Crippen molar-refractivity contribution in [2.24, 2.45) is 0 Å². The van der Waals surface area contributed by atoms with E-state index in [4.69, 9.17) is 22.2 Å². The first-order chi connectivity index (χ1) is 16.4. The summed E-state index contributed by atoms with van der Waals surface area (Å²) in [5.41, 5.74) is -1.37. The first kappa shape index (κ1) is 24.9. The number of aliphatic hydroxyl groups is 1. The van der Waals surface area contributed by atoms with Gasteiger partial charge in [-0.25, -0.2) is 0 Å². The van der Waals surface area contributed by atoms with E-state index in [0.29, 0.717) is 24.3 Å². The number of amides is 1. The zero-order valence-corrected chi connectivity index (χ0v) is 20.0. The highest BCUT2D eigenvalue weighted by molar-refractivity contribution is 7.81. The van der Waals surface area contributed by atoms with Crippen LogP contribution in [0.4, 0.5) is 24.5 Å². The fraction of sp³-hybridized carbons (Fsp3) is 0.400. The van der Waals surface area contributed by atoms with Gasteiger partial charge in [-0.3, -0.25) is 9.69 Å². The predicted molar refractivity (Wildman–Crippen MR) is 128 cm³/mol. The number of carbonyl (C=O) groups excluding carboxylic acids is 1. The van der Waals surface area contributed by atoms with E-state index in [1.807, 2.05) is 6.07 Å². The Balaban J connectivity index is 1.73. The van der Waals surface area contributed by atoms with Gasteiger partial charge in [0, 0.05) is 5.69 Å². The number of thiocarbonyl (C=S) groups is 1. The molecular formula is C25H24F3N3O3S. The maximum absolute atomic E-state index is 13.5. The van der Waals surface area contributed by atoms with Crippen molar-refractivity contribution in [2.75, 3.05) is 16.4 Å². The van der Waals surface area contributed by atoms with Crippen LogP contribution in [0.1, 0.15) is 49.8 Å². The number of halogens is 3. The van der Waals surface area contributed by atoms with Crippen LogP contribution in [0.5, 0.6) is 5.75 Å². The van der Waals surface area contributed by atoms with Gasteiger partial charge in [0.15, 0.2) is 5.11 Å². The second-order valence-electron chi connectivity index (χ2n) is 9.16. The van der Waals surface area contributed by atoms with E-state index in [1.54, 1.807) is 36.9 Å². The van der Waals surface area contributed by atoms with Crippen molar-refractivity contribution in [3.8, 4) is 11.8 Å². The average molecular weight is 504 g/mol. The SMILES string of the molecule is CC1(C)C(=O)N(c2ccc(C#N)c(C(F)(F)F)c2)C(=S)N1c1ccc2c(c1)CCCCC(O)CO2. The average Bonchev–Trinajstić information content (AvgIpc) is 3.03. The molecule has 1 fully saturated rings. The lowest BCUT2D eigenvalue weighted by molar-refractivity contribution is -0.137. The van der Waals surface area contributed by atoms with E-state index in [-0.39, 0.29) is 17.4 Å². The molecule has 0 aliphatic carbocycles. The Hall–Kier alpha value is -3.16. The van der Waals surface area contributed by atoms with Crippen molar-refractivity contribution in [1.29, 1.82) is 5.26 Å². The molecule has 2 aromatic carbocycles. The minimum absolute atomic E-state index is 0.0391. The number of hydrogen-bond acceptors (Lipinski definition) is 5. The smallest absolute Gasteiger partial charge is 0.417 e. The lowest BCUT2D eigenvalue weighted by atomic mass is 10.0. The molecule has 2 heterocycles. The van der Waals surface area contributed by atoms with Crippen LogP contribution in [0.15, 0.2) is 36.4 Å². The lowest BCUT2D eigenvalue weighted by Crippen LogP contribution is -2.44. The van der Waals surface area contributed by atoms with Gasteiger partial charge >= 0.3 is 6.18 Å². The Labute approximate surface area is 206 Å². The van der Waals surface area contributed by atoms with Crippen molar-refractivity contribution in [3.63, 3.8) is 0 Å². The molecule has 184 valence electrons. The number of nitriles is 1. The third-order valence-electron chi connectivity index (χ3n) is 6.32. The summed E-state index contributed by atoms with van der Waals surface area (Å²) in [4.78, 5) is 16.1. The lowest BCUT2D eigenvalue weighted by Gasteiger charge is -2.30. The maximum atomic E-state index is 13.5. The van der Waals surface area contributed by atoms with Crippen molar-refractivity contribution in [1.82, 2.24) is 0 Å². The van der Waals surface area contributed by atoms with Gasteiger partial charge in [0.1, 0.15) is 17.9 Å². The second-order valence-corrected chi connectivity index (χ2v) is 9.52. The monoisotopic (exact) mass is 503 g/mol. The molecule has 0 radical (unpaired) electrons. The fourth-order valence-electron chi connectivity index (χ4n) is 4.47. The number of ether oxygens (including phenoxy) is 1. The van der Waals surface area contributed by atoms with Gasteiger partial charge in [0.25, 0.3) is 5.91 Å². The van der Waals surface area contributed by atoms with E-state index in [1.165, 1.54) is 6.07 Å². The molecule has 1 amide bonds. The van der Waals surface area contributed by atoms with Crippen molar-refractivity contribution in [3.05, 3.63) is 53.1 Å². The molecule has 6 nitrogen and oxygen atoms in total. The van der Waals surface area contributed by atoms with Gasteiger partial charge in [0.05, 0.1) is 29.0 Å². The van der Waals surface area contributed by atoms with Crippen molar-refractivity contribution >= 4 is 34.6 Å². The number of aliphatic hydroxyl groups excluding tert-OH is 1. The van der Waals surface area contributed by atoms with Crippen LogP contribution < -0.4 is 14.5 Å². The van der Waals surface area contributed by atoms with Gasteiger partial charge < -0.3 is 14.7 Å². The summed E-state index contributed by atoms with van der Waals surface area (Å²) in [6, 6.07) is 10.0. The molecular weight excluding hydrogens is 479 g/mol. The fourth-order valence-corrected chi connectivity index (χ4v) is 4.99. The number of nitrogens with zero attached hydrogens (tertiary/aromatic N) is 3. The van der Waals surface area contributed by atoms with Gasteiger partial charge in [-0.1, -0.05) is 6.42 Å². The summed E-state index contributed by atoms with van der Waals surface area (Å²) in [7, 11) is 0. The number of alkyl halides is 3. The Morgan fingerprint density at radius 3 is 2.57 bits per heavy atom. The Kier molecular flexibility index (Phi) is 6.51. The second kappa shape index (κ2) is 9.13. The molecule has 1 N–H and O–H groups in total. The zero-order chi connectivity index (χ0) is 25.5. The van der Waals surface area contributed by atoms with Crippen LogP contribution in [0.3, 0.4) is 0 Å². The molecule has 1 atom stereocenters. The van der Waals surface area contributed by atoms with Crippen LogP contribution in [0.2, 0.25) is 0 Å². The molecule has 2 aliphatic heterocycles. The Morgan fingerprint density at radius 2 is 1.89 bits per heavy atom. The number of aryl methyl sites for hydroxylation is 1. The largest absolute Gasteiger partial charge is 0.491 e. The molecule has 2 aliphatic rings. The molecule has 0 spiro atoms. The highest BCUT2D eigenvalue weighted by Gasteiger charge is 2.50. The summed E-state index contributed by atoms with van der Waals surface area (Å²) in [5, 5.41) is 19.1. The number of rotatable bonds is 2. The van der Waals surface area contributed by atoms with Crippen LogP contribution in [0, 0.1) is 11.3 Å². The molecule has 2 aromatic rings. The van der Waals surface area contributed by atoms with Crippen molar-refractivity contribution in [2.45, 2.75) is 57.3 Å². The number of benzene rings is 2. The molecule has 1 saturated heterocycles. The molecule has 10 heteroatoms. The first-order valence-electron chi connectivity index (χ1n) is 11.2. The summed E-state index contributed by atoms with van der Waals surface area (Å²) in [6.45, 7) is 3.50. The minimum atomic E-state index is -4.76. The third kappa shape index (κ3) is 4.58. The predicted octanol–water partition coefficient (Wildman–Crippen LogP) is 4.96. The number of hydrogen-bond donors (Lipinski definition) is 1. The topological polar surface area (TPSA) is 76.8 Å². The van der Waals surface area contributed by atoms with Crippen molar-refractivity contribution < 1.29 is 27.8 Å². The van der Waals surface area contributed by atoms with E-state index < -0.39 is 34.9 Å². The quantitative estimate of drug-likeness (QED) is 0.584. The molecule has 0 saturated carbocycles. The summed E-state index contributed by atoms with van der Waals surface area (Å²) < 4.78 is 46.4. The Bertz CT molecular complexity index is 1220. The van der Waals surface area contributed by atoms with E-state index in [2.05, 4.69) is 0 Å². The summed E-state index contributed by atoms with van der Waals surface area (Å²) >= 11 is 5.61. The van der Waals surface area contributed by atoms with Crippen LogP contribution >= 0.6 is 12.2 Å². The van der Waals surface area contributed by atoms with Crippen LogP contribution in [0.25, 0.3) is 0 Å². The zero-order valence-electron chi connectivity index (χ0n) is 19.2. The molecule has 35 heavy (non-hydrogen) atoms. The number of anilines is 2. The molecule has 1 unspecified atom stereocenters. The van der Waals surface area contributed by atoms with E-state index >= 15 is 0 Å². The van der Waals surface area contributed by atoms with E-state index in [9.17, 15) is 23.1 Å². The summed E-state index contributed by atoms with van der Waals surface area (Å²) in [6.07, 6.45) is -2.25. The Morgan fingerprint density at radius 1 is 1.17 bits per heavy atom. The molecule has 0 aromatic heterocycles. The van der Waals surface area contributed by atoms with Gasteiger partial charge in [-0.15, -0.1) is 0 Å². The first-order valence-corrected chi connectivity index (χ1v) is 11.6.